The second-order valence-electron chi connectivity index (χ2n) is 6.73. The van der Waals surface area contributed by atoms with Crippen molar-refractivity contribution in [2.45, 2.75) is 12.5 Å². The Morgan fingerprint density at radius 3 is 2.46 bits per heavy atom. The zero-order valence-corrected chi connectivity index (χ0v) is 14.0. The minimum Gasteiger partial charge on any atom is -0.480 e. The normalized spacial score (nSPS) is 23.6. The molecule has 0 radical (unpaired) electrons. The lowest BCUT2D eigenvalue weighted by atomic mass is 10.1. The van der Waals surface area contributed by atoms with Crippen molar-refractivity contribution in [2.24, 2.45) is 5.92 Å². The van der Waals surface area contributed by atoms with Crippen molar-refractivity contribution in [3.8, 4) is 0 Å². The number of carboxylic acid groups (broad SMARTS) is 1. The molecule has 2 fully saturated rings. The molecule has 1 aromatic carbocycles. The Labute approximate surface area is 148 Å². The number of hydrogen-bond donors (Lipinski definition) is 1. The number of benzene rings is 1. The molecule has 0 aliphatic carbocycles. The first-order valence-corrected chi connectivity index (χ1v) is 8.28. The molecule has 2 heterocycles. The summed E-state index contributed by atoms with van der Waals surface area (Å²) in [4.78, 5) is 27.0. The van der Waals surface area contributed by atoms with Crippen molar-refractivity contribution in [3.63, 3.8) is 0 Å². The van der Waals surface area contributed by atoms with E-state index in [4.69, 9.17) is 9.84 Å². The van der Waals surface area contributed by atoms with Gasteiger partial charge in [0, 0.05) is 25.6 Å². The number of carbonyl (C=O) groups is 2. The van der Waals surface area contributed by atoms with Crippen molar-refractivity contribution in [1.82, 2.24) is 9.80 Å². The average Bonchev–Trinajstić information content (AvgIpc) is 2.81. The molecular formula is C17H19F3N2O4. The van der Waals surface area contributed by atoms with E-state index in [2.05, 4.69) is 0 Å². The lowest BCUT2D eigenvalue weighted by Gasteiger charge is -2.30. The Bertz CT molecular complexity index is 692. The van der Waals surface area contributed by atoms with E-state index in [0.29, 0.717) is 26.3 Å². The van der Waals surface area contributed by atoms with Crippen LogP contribution in [0.15, 0.2) is 12.1 Å². The Hall–Kier alpha value is -2.13. The topological polar surface area (TPSA) is 70.1 Å². The van der Waals surface area contributed by atoms with Crippen molar-refractivity contribution in [1.29, 1.82) is 0 Å². The second-order valence-corrected chi connectivity index (χ2v) is 6.73. The van der Waals surface area contributed by atoms with Gasteiger partial charge in [0.2, 0.25) is 5.91 Å². The maximum absolute atomic E-state index is 13.3. The smallest absolute Gasteiger partial charge is 0.317 e. The van der Waals surface area contributed by atoms with Gasteiger partial charge in [-0.25, -0.2) is 13.2 Å². The van der Waals surface area contributed by atoms with Crippen LogP contribution >= 0.6 is 0 Å². The molecule has 0 aromatic heterocycles. The Morgan fingerprint density at radius 1 is 1.12 bits per heavy atom. The third kappa shape index (κ3) is 4.16. The Kier molecular flexibility index (Phi) is 5.47. The average molecular weight is 372 g/mol. The second kappa shape index (κ2) is 7.63. The van der Waals surface area contributed by atoms with E-state index < -0.39 is 23.4 Å². The number of hydrogen-bond acceptors (Lipinski definition) is 4. The molecule has 1 N–H and O–H groups in total. The van der Waals surface area contributed by atoms with Gasteiger partial charge in [-0.2, -0.15) is 0 Å². The van der Waals surface area contributed by atoms with Gasteiger partial charge in [-0.15, -0.1) is 0 Å². The van der Waals surface area contributed by atoms with Crippen LogP contribution in [0.2, 0.25) is 0 Å². The van der Waals surface area contributed by atoms with Gasteiger partial charge >= 0.3 is 5.97 Å². The Balaban J connectivity index is 1.73. The van der Waals surface area contributed by atoms with E-state index in [1.165, 1.54) is 0 Å². The van der Waals surface area contributed by atoms with Crippen LogP contribution in [-0.4, -0.2) is 72.2 Å². The van der Waals surface area contributed by atoms with Crippen LogP contribution in [0.5, 0.6) is 0 Å². The first-order chi connectivity index (χ1) is 12.3. The number of amides is 1. The van der Waals surface area contributed by atoms with E-state index in [0.717, 1.165) is 12.1 Å². The number of aliphatic carboxylic acids is 1. The summed E-state index contributed by atoms with van der Waals surface area (Å²) in [6.07, 6.45) is -0.257. The molecule has 2 aliphatic heterocycles. The highest BCUT2D eigenvalue weighted by molar-refractivity contribution is 5.79. The largest absolute Gasteiger partial charge is 0.480 e. The summed E-state index contributed by atoms with van der Waals surface area (Å²) in [5.74, 6) is -5.57. The minimum atomic E-state index is -1.56. The van der Waals surface area contributed by atoms with Crippen LogP contribution in [0.1, 0.15) is 5.56 Å². The Morgan fingerprint density at radius 2 is 1.81 bits per heavy atom. The monoisotopic (exact) mass is 372 g/mol. The predicted molar refractivity (Wildman–Crippen MR) is 83.9 cm³/mol. The standard InChI is InChI=1S/C17H19F3N2O4/c18-13-1-10(2-14(19)17(13)20)3-15(23)22-5-11-4-21(7-16(24)25)12(6-22)9-26-8-11/h1-2,11-12H,3-9H2,(H,24,25)/t11-,12+/m1/s1. The zero-order chi connectivity index (χ0) is 18.8. The maximum atomic E-state index is 13.3. The van der Waals surface area contributed by atoms with Gasteiger partial charge in [0.1, 0.15) is 0 Å². The first-order valence-electron chi connectivity index (χ1n) is 8.28. The van der Waals surface area contributed by atoms with E-state index in [1.54, 1.807) is 9.80 Å². The summed E-state index contributed by atoms with van der Waals surface area (Å²) >= 11 is 0. The van der Waals surface area contributed by atoms with E-state index >= 15 is 0 Å². The van der Waals surface area contributed by atoms with Crippen molar-refractivity contribution < 1.29 is 32.6 Å². The first kappa shape index (κ1) is 18.7. The molecule has 26 heavy (non-hydrogen) atoms. The summed E-state index contributed by atoms with van der Waals surface area (Å²) in [5, 5.41) is 9.06. The van der Waals surface area contributed by atoms with Gasteiger partial charge in [-0.05, 0) is 17.7 Å². The van der Waals surface area contributed by atoms with E-state index in [9.17, 15) is 22.8 Å². The van der Waals surface area contributed by atoms with Crippen LogP contribution in [0.25, 0.3) is 0 Å². The fraction of sp³-hybridized carbons (Fsp3) is 0.529. The zero-order valence-electron chi connectivity index (χ0n) is 14.0. The van der Waals surface area contributed by atoms with Crippen LogP contribution < -0.4 is 0 Å². The fourth-order valence-corrected chi connectivity index (χ4v) is 3.50. The predicted octanol–water partition coefficient (Wildman–Crippen LogP) is 0.890. The third-order valence-electron chi connectivity index (χ3n) is 4.67. The SMILES string of the molecule is O=C(O)CN1C[C@H]2COC[C@@H]1CN(C(=O)Cc1cc(F)c(F)c(F)c1)C2. The van der Waals surface area contributed by atoms with Gasteiger partial charge in [0.05, 0.1) is 32.2 Å². The van der Waals surface area contributed by atoms with Gasteiger partial charge in [0.25, 0.3) is 0 Å². The molecule has 142 valence electrons. The number of halogens is 3. The molecule has 3 rings (SSSR count). The molecule has 0 spiro atoms. The number of ether oxygens (including phenoxy) is 1. The van der Waals surface area contributed by atoms with Crippen LogP contribution in [-0.2, 0) is 20.7 Å². The molecular weight excluding hydrogens is 353 g/mol. The van der Waals surface area contributed by atoms with Crippen LogP contribution in [0.3, 0.4) is 0 Å². The molecule has 2 saturated heterocycles. The van der Waals surface area contributed by atoms with Crippen molar-refractivity contribution in [2.75, 3.05) is 39.4 Å². The number of carboxylic acids is 1. The summed E-state index contributed by atoms with van der Waals surface area (Å²) in [6.45, 7) is 1.73. The highest BCUT2D eigenvalue weighted by Crippen LogP contribution is 2.21. The molecule has 1 amide bonds. The van der Waals surface area contributed by atoms with Crippen molar-refractivity contribution in [3.05, 3.63) is 35.1 Å². The lowest BCUT2D eigenvalue weighted by Crippen LogP contribution is -2.47. The highest BCUT2D eigenvalue weighted by Gasteiger charge is 2.35. The molecule has 2 aliphatic rings. The van der Waals surface area contributed by atoms with Crippen LogP contribution in [0, 0.1) is 23.4 Å². The number of fused-ring (bicyclic) bond motifs is 3. The minimum absolute atomic E-state index is 0.0486. The summed E-state index contributed by atoms with van der Waals surface area (Å²) in [5.41, 5.74) is 0.0550. The molecule has 0 saturated carbocycles. The highest BCUT2D eigenvalue weighted by atomic mass is 19.2. The lowest BCUT2D eigenvalue weighted by molar-refractivity contribution is -0.139. The quantitative estimate of drug-likeness (QED) is 0.795. The third-order valence-corrected chi connectivity index (χ3v) is 4.67. The molecule has 6 nitrogen and oxygen atoms in total. The molecule has 0 unspecified atom stereocenters. The van der Waals surface area contributed by atoms with E-state index in [1.807, 2.05) is 0 Å². The molecule has 9 heteroatoms. The van der Waals surface area contributed by atoms with Gasteiger partial charge < -0.3 is 14.7 Å². The van der Waals surface area contributed by atoms with Crippen molar-refractivity contribution >= 4 is 11.9 Å². The van der Waals surface area contributed by atoms with Gasteiger partial charge in [-0.3, -0.25) is 14.5 Å². The maximum Gasteiger partial charge on any atom is 0.317 e. The summed E-state index contributed by atoms with van der Waals surface area (Å²) < 4.78 is 45.3. The fourth-order valence-electron chi connectivity index (χ4n) is 3.50. The summed E-state index contributed by atoms with van der Waals surface area (Å²) in [6, 6.07) is 1.37. The van der Waals surface area contributed by atoms with Gasteiger partial charge in [0.15, 0.2) is 17.5 Å². The molecule has 1 aromatic rings. The van der Waals surface area contributed by atoms with Crippen LogP contribution in [0.4, 0.5) is 13.2 Å². The number of carbonyl (C=O) groups excluding carboxylic acids is 1. The molecule has 2 bridgehead atoms. The number of rotatable bonds is 4. The van der Waals surface area contributed by atoms with E-state index in [-0.39, 0.29) is 42.9 Å². The van der Waals surface area contributed by atoms with Gasteiger partial charge in [-0.1, -0.05) is 0 Å². The number of nitrogens with zero attached hydrogens (tertiary/aromatic N) is 2. The summed E-state index contributed by atoms with van der Waals surface area (Å²) in [7, 11) is 0. The molecule has 2 atom stereocenters.